The first-order valence-electron chi connectivity index (χ1n) is 8.51. The minimum absolute atomic E-state index is 0. The third kappa shape index (κ3) is 4.38. The molecule has 2 fully saturated rings. The number of carbonyl (C=O) groups excluding carboxylic acids is 3. The largest absolute Gasteiger partial charge is 0.330 e. The highest BCUT2D eigenvalue weighted by molar-refractivity contribution is 6.01. The number of hydrogen-bond donors (Lipinski definition) is 2. The lowest BCUT2D eigenvalue weighted by Gasteiger charge is -2.18. The molecule has 1 aromatic rings. The first kappa shape index (κ1) is 19.4. The minimum atomic E-state index is -0.119. The van der Waals surface area contributed by atoms with Gasteiger partial charge in [-0.3, -0.25) is 19.3 Å². The summed E-state index contributed by atoms with van der Waals surface area (Å²) in [5, 5.41) is 2.94. The quantitative estimate of drug-likeness (QED) is 0.781. The highest BCUT2D eigenvalue weighted by Crippen LogP contribution is 2.31. The van der Waals surface area contributed by atoms with Crippen LogP contribution in [0.25, 0.3) is 0 Å². The number of anilines is 1. The lowest BCUT2D eigenvalue weighted by atomic mass is 9.95. The summed E-state index contributed by atoms with van der Waals surface area (Å²) in [6.45, 7) is 0.846. The molecule has 0 spiro atoms. The van der Waals surface area contributed by atoms with Gasteiger partial charge in [0.05, 0.1) is 6.54 Å². The zero-order chi connectivity index (χ0) is 17.1. The van der Waals surface area contributed by atoms with Gasteiger partial charge in [-0.15, -0.1) is 12.4 Å². The Morgan fingerprint density at radius 2 is 1.76 bits per heavy atom. The van der Waals surface area contributed by atoms with E-state index in [1.54, 1.807) is 0 Å². The Bertz CT molecular complexity index is 631. The molecule has 1 aliphatic carbocycles. The molecule has 0 unspecified atom stereocenters. The van der Waals surface area contributed by atoms with Crippen LogP contribution in [-0.2, 0) is 20.9 Å². The zero-order valence-electron chi connectivity index (χ0n) is 14.1. The third-order valence-electron chi connectivity index (χ3n) is 5.02. The van der Waals surface area contributed by atoms with Gasteiger partial charge >= 0.3 is 0 Å². The molecule has 3 N–H and O–H groups in total. The first-order chi connectivity index (χ1) is 11.6. The van der Waals surface area contributed by atoms with E-state index in [-0.39, 0.29) is 42.0 Å². The Labute approximate surface area is 153 Å². The number of nitrogens with one attached hydrogen (secondary N) is 1. The summed E-state index contributed by atoms with van der Waals surface area (Å²) >= 11 is 0. The average molecular weight is 366 g/mol. The van der Waals surface area contributed by atoms with Crippen LogP contribution in [0.4, 0.5) is 5.69 Å². The van der Waals surface area contributed by atoms with Crippen molar-refractivity contribution in [1.82, 2.24) is 4.90 Å². The van der Waals surface area contributed by atoms with E-state index in [0.29, 0.717) is 25.9 Å². The predicted molar refractivity (Wildman–Crippen MR) is 97.0 cm³/mol. The Kier molecular flexibility index (Phi) is 6.56. The lowest BCUT2D eigenvalue weighted by molar-refractivity contribution is -0.139. The fourth-order valence-electron chi connectivity index (χ4n) is 3.57. The number of likely N-dealkylation sites (tertiary alicyclic amines) is 1. The van der Waals surface area contributed by atoms with Crippen LogP contribution in [0, 0.1) is 11.8 Å². The number of amides is 3. The monoisotopic (exact) mass is 365 g/mol. The second kappa shape index (κ2) is 8.45. The smallest absolute Gasteiger partial charge is 0.229 e. The van der Waals surface area contributed by atoms with Gasteiger partial charge < -0.3 is 11.1 Å². The topological polar surface area (TPSA) is 92.5 Å². The molecule has 7 heteroatoms. The van der Waals surface area contributed by atoms with Gasteiger partial charge in [0.1, 0.15) is 0 Å². The molecule has 2 atom stereocenters. The number of carbonyl (C=O) groups is 3. The van der Waals surface area contributed by atoms with Crippen LogP contribution in [0.5, 0.6) is 0 Å². The fraction of sp³-hybridized carbons (Fsp3) is 0.500. The van der Waals surface area contributed by atoms with E-state index in [9.17, 15) is 14.4 Å². The fourth-order valence-corrected chi connectivity index (χ4v) is 3.57. The number of benzene rings is 1. The van der Waals surface area contributed by atoms with Crippen molar-refractivity contribution in [3.8, 4) is 0 Å². The molecule has 1 saturated carbocycles. The van der Waals surface area contributed by atoms with Gasteiger partial charge in [0.2, 0.25) is 17.7 Å². The van der Waals surface area contributed by atoms with E-state index < -0.39 is 0 Å². The van der Waals surface area contributed by atoms with Crippen molar-refractivity contribution in [2.24, 2.45) is 17.6 Å². The molecule has 1 aliphatic heterocycles. The Morgan fingerprint density at radius 3 is 2.36 bits per heavy atom. The predicted octanol–water partition coefficient (Wildman–Crippen LogP) is 2.07. The molecule has 6 nitrogen and oxygen atoms in total. The standard InChI is InChI=1S/C18H23N3O3.ClH/c19-10-13-2-1-3-15(13)18(24)20-14-6-4-12(5-7-14)11-21-16(22)8-9-17(21)23;/h4-7,13,15H,1-3,8-11,19H2,(H,20,24);1H/t13-,15-;/m1./s1. The second-order valence-electron chi connectivity index (χ2n) is 6.59. The molecule has 0 bridgehead atoms. The van der Waals surface area contributed by atoms with Crippen LogP contribution >= 0.6 is 12.4 Å². The maximum Gasteiger partial charge on any atom is 0.229 e. The number of halogens is 1. The molecular weight excluding hydrogens is 342 g/mol. The third-order valence-corrected chi connectivity index (χ3v) is 5.02. The second-order valence-corrected chi connectivity index (χ2v) is 6.59. The van der Waals surface area contributed by atoms with Gasteiger partial charge in [0.15, 0.2) is 0 Å². The molecule has 3 amide bonds. The normalized spacial score (nSPS) is 22.8. The Hall–Kier alpha value is -1.92. The highest BCUT2D eigenvalue weighted by Gasteiger charge is 2.32. The number of rotatable bonds is 5. The van der Waals surface area contributed by atoms with Crippen LogP contribution in [-0.4, -0.2) is 29.2 Å². The maximum absolute atomic E-state index is 12.4. The van der Waals surface area contributed by atoms with Crippen molar-refractivity contribution < 1.29 is 14.4 Å². The van der Waals surface area contributed by atoms with Crippen LogP contribution < -0.4 is 11.1 Å². The van der Waals surface area contributed by atoms with Crippen LogP contribution in [0.1, 0.15) is 37.7 Å². The summed E-state index contributed by atoms with van der Waals surface area (Å²) in [6, 6.07) is 7.29. The van der Waals surface area contributed by atoms with Gasteiger partial charge in [-0.1, -0.05) is 18.6 Å². The van der Waals surface area contributed by atoms with Crippen LogP contribution in [0.3, 0.4) is 0 Å². The van der Waals surface area contributed by atoms with Gasteiger partial charge in [-0.25, -0.2) is 0 Å². The molecule has 25 heavy (non-hydrogen) atoms. The molecule has 0 aromatic heterocycles. The van der Waals surface area contributed by atoms with Crippen molar-refractivity contribution in [3.05, 3.63) is 29.8 Å². The van der Waals surface area contributed by atoms with E-state index in [0.717, 1.165) is 30.5 Å². The van der Waals surface area contributed by atoms with Gasteiger partial charge in [-0.05, 0) is 43.0 Å². The van der Waals surface area contributed by atoms with E-state index in [1.807, 2.05) is 24.3 Å². The number of hydrogen-bond acceptors (Lipinski definition) is 4. The van der Waals surface area contributed by atoms with Crippen molar-refractivity contribution in [2.75, 3.05) is 11.9 Å². The maximum atomic E-state index is 12.4. The Morgan fingerprint density at radius 1 is 1.12 bits per heavy atom. The molecule has 1 heterocycles. The lowest BCUT2D eigenvalue weighted by Crippen LogP contribution is -2.29. The van der Waals surface area contributed by atoms with Gasteiger partial charge in [0, 0.05) is 24.4 Å². The summed E-state index contributed by atoms with van der Waals surface area (Å²) in [4.78, 5) is 37.0. The molecule has 0 radical (unpaired) electrons. The number of nitrogens with two attached hydrogens (primary N) is 1. The van der Waals surface area contributed by atoms with Gasteiger partial charge in [-0.2, -0.15) is 0 Å². The summed E-state index contributed by atoms with van der Waals surface area (Å²) in [7, 11) is 0. The van der Waals surface area contributed by atoms with Crippen LogP contribution in [0.15, 0.2) is 24.3 Å². The SMILES string of the molecule is Cl.NC[C@H]1CCC[C@H]1C(=O)Nc1ccc(CN2C(=O)CCC2=O)cc1. The van der Waals surface area contributed by atoms with Crippen molar-refractivity contribution in [2.45, 2.75) is 38.6 Å². The molecular formula is C18H24ClN3O3. The minimum Gasteiger partial charge on any atom is -0.330 e. The molecule has 2 aliphatic rings. The van der Waals surface area contributed by atoms with Crippen molar-refractivity contribution >= 4 is 35.8 Å². The van der Waals surface area contributed by atoms with E-state index >= 15 is 0 Å². The van der Waals surface area contributed by atoms with E-state index in [4.69, 9.17) is 5.73 Å². The summed E-state index contributed by atoms with van der Waals surface area (Å²) in [5.74, 6) is 0.0597. The summed E-state index contributed by atoms with van der Waals surface area (Å²) in [6.07, 6.45) is 3.57. The summed E-state index contributed by atoms with van der Waals surface area (Å²) < 4.78 is 0. The number of nitrogens with zero attached hydrogens (tertiary/aromatic N) is 1. The average Bonchev–Trinajstić information content (AvgIpc) is 3.18. The van der Waals surface area contributed by atoms with Gasteiger partial charge in [0.25, 0.3) is 0 Å². The summed E-state index contributed by atoms with van der Waals surface area (Å²) in [5.41, 5.74) is 7.34. The Balaban J connectivity index is 0.00000225. The van der Waals surface area contributed by atoms with Crippen molar-refractivity contribution in [1.29, 1.82) is 0 Å². The van der Waals surface area contributed by atoms with Crippen molar-refractivity contribution in [3.63, 3.8) is 0 Å². The molecule has 1 aromatic carbocycles. The zero-order valence-corrected chi connectivity index (χ0v) is 14.9. The first-order valence-corrected chi connectivity index (χ1v) is 8.51. The number of imide groups is 1. The highest BCUT2D eigenvalue weighted by atomic mass is 35.5. The molecule has 1 saturated heterocycles. The van der Waals surface area contributed by atoms with E-state index in [1.165, 1.54) is 4.90 Å². The molecule has 3 rings (SSSR count). The molecule has 136 valence electrons. The van der Waals surface area contributed by atoms with E-state index in [2.05, 4.69) is 5.32 Å². The van der Waals surface area contributed by atoms with Crippen LogP contribution in [0.2, 0.25) is 0 Å².